The minimum absolute atomic E-state index is 0.0601. The number of Topliss-reactive ketones (excluding diaryl/α,β-unsaturated/α-hetero) is 1. The Bertz CT molecular complexity index is 1250. The molecule has 4 rings (SSSR count). The number of hydrogen-bond donors (Lipinski definition) is 2. The SMILES string of the molecule is Cn1c(Nc2nc3ccc(C(F)(F)F)nc3o2)nc2cc(C(=O)CCCO)ccc21. The van der Waals surface area contributed by atoms with E-state index in [1.165, 1.54) is 6.07 Å². The predicted molar refractivity (Wildman–Crippen MR) is 101 cm³/mol. The molecule has 1 aromatic carbocycles. The molecule has 0 atom stereocenters. The van der Waals surface area contributed by atoms with E-state index in [1.54, 1.807) is 29.8 Å². The smallest absolute Gasteiger partial charge is 0.404 e. The number of aryl methyl sites for hydroxylation is 1. The lowest BCUT2D eigenvalue weighted by Gasteiger charge is -2.03. The van der Waals surface area contributed by atoms with Gasteiger partial charge in [-0.1, -0.05) is 0 Å². The fourth-order valence-electron chi connectivity index (χ4n) is 2.99. The van der Waals surface area contributed by atoms with Crippen molar-refractivity contribution in [1.82, 2.24) is 19.5 Å². The molecule has 0 aliphatic heterocycles. The Morgan fingerprint density at radius 2 is 1.97 bits per heavy atom. The Balaban J connectivity index is 1.63. The van der Waals surface area contributed by atoms with Crippen molar-refractivity contribution >= 4 is 40.0 Å². The third kappa shape index (κ3) is 3.71. The summed E-state index contributed by atoms with van der Waals surface area (Å²) in [6, 6.07) is 7.01. The number of aliphatic hydroxyl groups is 1. The topological polar surface area (TPSA) is 106 Å². The fourth-order valence-corrected chi connectivity index (χ4v) is 2.99. The van der Waals surface area contributed by atoms with Crippen LogP contribution in [0.3, 0.4) is 0 Å². The Hall–Kier alpha value is -3.47. The van der Waals surface area contributed by atoms with Crippen LogP contribution in [0.1, 0.15) is 28.9 Å². The normalized spacial score (nSPS) is 12.0. The van der Waals surface area contributed by atoms with Crippen molar-refractivity contribution in [3.63, 3.8) is 0 Å². The maximum absolute atomic E-state index is 12.8. The number of benzene rings is 1. The zero-order chi connectivity index (χ0) is 21.5. The second kappa shape index (κ2) is 7.41. The van der Waals surface area contributed by atoms with Crippen LogP contribution < -0.4 is 5.32 Å². The zero-order valence-electron chi connectivity index (χ0n) is 15.7. The van der Waals surface area contributed by atoms with Crippen LogP contribution in [0.25, 0.3) is 22.3 Å². The van der Waals surface area contributed by atoms with Crippen molar-refractivity contribution in [2.45, 2.75) is 19.0 Å². The van der Waals surface area contributed by atoms with Gasteiger partial charge in [-0.05, 0) is 36.8 Å². The molecule has 0 aliphatic carbocycles. The van der Waals surface area contributed by atoms with E-state index in [-0.39, 0.29) is 36.1 Å². The summed E-state index contributed by atoms with van der Waals surface area (Å²) in [5.74, 6) is 0.226. The Morgan fingerprint density at radius 3 is 2.70 bits per heavy atom. The molecule has 8 nitrogen and oxygen atoms in total. The molecule has 0 spiro atoms. The summed E-state index contributed by atoms with van der Waals surface area (Å²) in [6.07, 6.45) is -3.97. The third-order valence-corrected chi connectivity index (χ3v) is 4.53. The molecule has 4 aromatic rings. The number of alkyl halides is 3. The summed E-state index contributed by atoms with van der Waals surface area (Å²) in [5.41, 5.74) is 0.599. The number of halogens is 3. The average Bonchev–Trinajstić information content (AvgIpc) is 3.25. The summed E-state index contributed by atoms with van der Waals surface area (Å²) in [4.78, 5) is 24.1. The van der Waals surface area contributed by atoms with Crippen molar-refractivity contribution in [1.29, 1.82) is 0 Å². The monoisotopic (exact) mass is 419 g/mol. The van der Waals surface area contributed by atoms with Gasteiger partial charge in [0.1, 0.15) is 11.2 Å². The molecule has 0 radical (unpaired) electrons. The maximum Gasteiger partial charge on any atom is 0.433 e. The molecule has 30 heavy (non-hydrogen) atoms. The Labute approximate surface area is 167 Å². The first-order valence-corrected chi connectivity index (χ1v) is 8.98. The van der Waals surface area contributed by atoms with Crippen LogP contribution in [-0.2, 0) is 13.2 Å². The molecule has 156 valence electrons. The van der Waals surface area contributed by atoms with Gasteiger partial charge in [-0.3, -0.25) is 10.1 Å². The molecule has 0 saturated heterocycles. The number of fused-ring (bicyclic) bond motifs is 2. The molecular formula is C19H16F3N5O3. The lowest BCUT2D eigenvalue weighted by Crippen LogP contribution is -2.07. The van der Waals surface area contributed by atoms with Gasteiger partial charge < -0.3 is 14.1 Å². The van der Waals surface area contributed by atoms with Gasteiger partial charge in [0.05, 0.1) is 11.0 Å². The van der Waals surface area contributed by atoms with E-state index in [0.29, 0.717) is 23.4 Å². The fraction of sp³-hybridized carbons (Fsp3) is 0.263. The van der Waals surface area contributed by atoms with Crippen molar-refractivity contribution in [2.75, 3.05) is 11.9 Å². The standard InChI is InChI=1S/C19H16F3N5O3/c1-27-13-6-4-10(14(29)3-2-8-28)9-12(13)23-17(27)26-18-24-11-5-7-15(19(20,21)22)25-16(11)30-18/h4-7,9,28H,2-3,8H2,1H3,(H,23,24,26). The minimum Gasteiger partial charge on any atom is -0.404 e. The lowest BCUT2D eigenvalue weighted by atomic mass is 10.1. The van der Waals surface area contributed by atoms with Crippen LogP contribution in [0.5, 0.6) is 0 Å². The molecule has 0 unspecified atom stereocenters. The number of carbonyl (C=O) groups is 1. The van der Waals surface area contributed by atoms with Crippen molar-refractivity contribution < 1.29 is 27.5 Å². The van der Waals surface area contributed by atoms with Gasteiger partial charge >= 0.3 is 12.2 Å². The number of imidazole rings is 1. The lowest BCUT2D eigenvalue weighted by molar-refractivity contribution is -0.141. The van der Waals surface area contributed by atoms with E-state index in [9.17, 15) is 18.0 Å². The molecular weight excluding hydrogens is 403 g/mol. The van der Waals surface area contributed by atoms with Crippen LogP contribution in [0.4, 0.5) is 25.1 Å². The van der Waals surface area contributed by atoms with E-state index in [0.717, 1.165) is 11.6 Å². The van der Waals surface area contributed by atoms with Crippen LogP contribution in [-0.4, -0.2) is 37.0 Å². The molecule has 3 aromatic heterocycles. The van der Waals surface area contributed by atoms with E-state index in [2.05, 4.69) is 20.3 Å². The number of oxazole rings is 1. The molecule has 0 fully saturated rings. The van der Waals surface area contributed by atoms with Gasteiger partial charge in [0.2, 0.25) is 11.7 Å². The van der Waals surface area contributed by atoms with E-state index in [1.807, 2.05) is 0 Å². The highest BCUT2D eigenvalue weighted by Gasteiger charge is 2.33. The van der Waals surface area contributed by atoms with E-state index < -0.39 is 11.9 Å². The number of ketones is 1. The average molecular weight is 419 g/mol. The highest BCUT2D eigenvalue weighted by Crippen LogP contribution is 2.30. The molecule has 0 amide bonds. The minimum atomic E-state index is -4.59. The van der Waals surface area contributed by atoms with Crippen LogP contribution in [0.15, 0.2) is 34.7 Å². The summed E-state index contributed by atoms with van der Waals surface area (Å²) < 4.78 is 45.4. The van der Waals surface area contributed by atoms with Crippen molar-refractivity contribution in [2.24, 2.45) is 7.05 Å². The van der Waals surface area contributed by atoms with Gasteiger partial charge in [-0.25, -0.2) is 9.97 Å². The van der Waals surface area contributed by atoms with E-state index >= 15 is 0 Å². The predicted octanol–water partition coefficient (Wildman–Crippen LogP) is 3.83. The first kappa shape index (κ1) is 19.8. The summed E-state index contributed by atoms with van der Waals surface area (Å²) in [5, 5.41) is 11.7. The molecule has 0 bridgehead atoms. The second-order valence-corrected chi connectivity index (χ2v) is 6.61. The van der Waals surface area contributed by atoms with Gasteiger partial charge in [-0.2, -0.15) is 18.2 Å². The number of nitrogens with zero attached hydrogens (tertiary/aromatic N) is 4. The molecule has 2 N–H and O–H groups in total. The van der Waals surface area contributed by atoms with Crippen molar-refractivity contribution in [3.05, 3.63) is 41.6 Å². The maximum atomic E-state index is 12.8. The molecule has 3 heterocycles. The van der Waals surface area contributed by atoms with Gasteiger partial charge in [-0.15, -0.1) is 0 Å². The number of rotatable bonds is 6. The number of aromatic nitrogens is 4. The summed E-state index contributed by atoms with van der Waals surface area (Å²) in [6.45, 7) is -0.0601. The van der Waals surface area contributed by atoms with Crippen molar-refractivity contribution in [3.8, 4) is 0 Å². The third-order valence-electron chi connectivity index (χ3n) is 4.53. The van der Waals surface area contributed by atoms with Gasteiger partial charge in [0, 0.05) is 25.6 Å². The highest BCUT2D eigenvalue weighted by molar-refractivity contribution is 5.99. The number of hydrogen-bond acceptors (Lipinski definition) is 7. The molecule has 11 heteroatoms. The quantitative estimate of drug-likeness (QED) is 0.458. The zero-order valence-corrected chi connectivity index (χ0v) is 15.7. The van der Waals surface area contributed by atoms with E-state index in [4.69, 9.17) is 9.52 Å². The summed E-state index contributed by atoms with van der Waals surface area (Å²) >= 11 is 0. The van der Waals surface area contributed by atoms with Crippen LogP contribution in [0.2, 0.25) is 0 Å². The number of carbonyl (C=O) groups excluding carboxylic acids is 1. The van der Waals surface area contributed by atoms with Crippen LogP contribution >= 0.6 is 0 Å². The second-order valence-electron chi connectivity index (χ2n) is 6.61. The Morgan fingerprint density at radius 1 is 1.17 bits per heavy atom. The number of anilines is 2. The number of aliphatic hydroxyl groups excluding tert-OH is 1. The van der Waals surface area contributed by atoms with Crippen LogP contribution in [0, 0.1) is 0 Å². The Kier molecular flexibility index (Phi) is 4.90. The number of pyridine rings is 1. The highest BCUT2D eigenvalue weighted by atomic mass is 19.4. The largest absolute Gasteiger partial charge is 0.433 e. The first-order chi connectivity index (χ1) is 14.3. The number of nitrogens with one attached hydrogen (secondary N) is 1. The molecule has 0 aliphatic rings. The first-order valence-electron chi connectivity index (χ1n) is 8.98. The molecule has 0 saturated carbocycles. The summed E-state index contributed by atoms with van der Waals surface area (Å²) in [7, 11) is 1.73. The van der Waals surface area contributed by atoms with Gasteiger partial charge in [0.15, 0.2) is 5.78 Å². The van der Waals surface area contributed by atoms with Gasteiger partial charge in [0.25, 0.3) is 0 Å².